The number of nitrogens with zero attached hydrogens (tertiary/aromatic N) is 4. The quantitative estimate of drug-likeness (QED) is 0.496. The molecule has 3 aromatic heterocycles. The van der Waals surface area contributed by atoms with Crippen molar-refractivity contribution < 1.29 is 4.79 Å². The molecule has 0 unspecified atom stereocenters. The second-order valence-electron chi connectivity index (χ2n) is 8.83. The molecule has 7 heteroatoms. The van der Waals surface area contributed by atoms with Crippen molar-refractivity contribution in [3.05, 3.63) is 82.4 Å². The zero-order chi connectivity index (χ0) is 22.8. The van der Waals surface area contributed by atoms with Crippen LogP contribution in [-0.2, 0) is 6.54 Å². The first-order chi connectivity index (χ1) is 16.1. The van der Waals surface area contributed by atoms with Crippen molar-refractivity contribution in [3.63, 3.8) is 0 Å². The highest BCUT2D eigenvalue weighted by Crippen LogP contribution is 2.16. The molecule has 0 bridgehead atoms. The van der Waals surface area contributed by atoms with E-state index in [0.717, 1.165) is 24.2 Å². The Hall–Kier alpha value is -3.45. The fraction of sp³-hybridized carbons (Fsp3) is 0.346. The SMILES string of the molecule is C[C@@H]1CCCCN1CCNC(=O)c1ccc(Cn2c(=O)c3cccn3c3cccnc32)cc1. The lowest BCUT2D eigenvalue weighted by Gasteiger charge is -2.33. The van der Waals surface area contributed by atoms with E-state index < -0.39 is 0 Å². The second kappa shape index (κ2) is 9.19. The van der Waals surface area contributed by atoms with Gasteiger partial charge in [0, 0.05) is 37.1 Å². The van der Waals surface area contributed by atoms with E-state index in [0.29, 0.717) is 35.9 Å². The van der Waals surface area contributed by atoms with Crippen molar-refractivity contribution in [3.8, 4) is 0 Å². The largest absolute Gasteiger partial charge is 0.351 e. The summed E-state index contributed by atoms with van der Waals surface area (Å²) in [7, 11) is 0. The van der Waals surface area contributed by atoms with Gasteiger partial charge in [0.1, 0.15) is 5.52 Å². The Bertz CT molecular complexity index is 1340. The number of aromatic nitrogens is 3. The van der Waals surface area contributed by atoms with Crippen LogP contribution in [0.5, 0.6) is 0 Å². The summed E-state index contributed by atoms with van der Waals surface area (Å²) < 4.78 is 3.57. The zero-order valence-corrected chi connectivity index (χ0v) is 18.9. The molecule has 4 aromatic rings. The van der Waals surface area contributed by atoms with E-state index in [1.807, 2.05) is 59.1 Å². The number of benzene rings is 1. The maximum Gasteiger partial charge on any atom is 0.276 e. The molecular formula is C26H29N5O2. The molecule has 1 aromatic carbocycles. The summed E-state index contributed by atoms with van der Waals surface area (Å²) in [5.41, 5.74) is 3.63. The fourth-order valence-corrected chi connectivity index (χ4v) is 4.78. The minimum Gasteiger partial charge on any atom is -0.351 e. The summed E-state index contributed by atoms with van der Waals surface area (Å²) in [6.45, 7) is 5.30. The van der Waals surface area contributed by atoms with Crippen LogP contribution in [0.4, 0.5) is 0 Å². The number of nitrogens with one attached hydrogen (secondary N) is 1. The van der Waals surface area contributed by atoms with Gasteiger partial charge in [0.25, 0.3) is 11.5 Å². The molecule has 0 spiro atoms. The lowest BCUT2D eigenvalue weighted by molar-refractivity contribution is 0.0938. The third-order valence-corrected chi connectivity index (χ3v) is 6.68. The van der Waals surface area contributed by atoms with E-state index in [-0.39, 0.29) is 11.5 Å². The highest BCUT2D eigenvalue weighted by atomic mass is 16.1. The fourth-order valence-electron chi connectivity index (χ4n) is 4.78. The molecule has 0 radical (unpaired) electrons. The van der Waals surface area contributed by atoms with Gasteiger partial charge < -0.3 is 9.72 Å². The molecule has 170 valence electrons. The summed E-state index contributed by atoms with van der Waals surface area (Å²) in [5.74, 6) is -0.0647. The number of hydrogen-bond donors (Lipinski definition) is 1. The average molecular weight is 444 g/mol. The van der Waals surface area contributed by atoms with Crippen LogP contribution in [0.3, 0.4) is 0 Å². The van der Waals surface area contributed by atoms with Gasteiger partial charge in [0.15, 0.2) is 5.65 Å². The third-order valence-electron chi connectivity index (χ3n) is 6.68. The molecule has 5 rings (SSSR count). The molecule has 7 nitrogen and oxygen atoms in total. The van der Waals surface area contributed by atoms with Crippen LogP contribution in [0.2, 0.25) is 0 Å². The molecule has 1 atom stereocenters. The highest BCUT2D eigenvalue weighted by molar-refractivity contribution is 5.94. The van der Waals surface area contributed by atoms with Crippen molar-refractivity contribution >= 4 is 22.6 Å². The molecule has 1 aliphatic heterocycles. The molecule has 1 aliphatic rings. The predicted octanol–water partition coefficient (Wildman–Crippen LogP) is 3.30. The number of piperidine rings is 1. The molecule has 1 amide bonds. The lowest BCUT2D eigenvalue weighted by Crippen LogP contribution is -2.42. The summed E-state index contributed by atoms with van der Waals surface area (Å²) in [5, 5.41) is 3.04. The normalized spacial score (nSPS) is 16.9. The highest BCUT2D eigenvalue weighted by Gasteiger charge is 2.18. The summed E-state index contributed by atoms with van der Waals surface area (Å²) in [4.78, 5) is 32.6. The number of carbonyl (C=O) groups excluding carboxylic acids is 1. The van der Waals surface area contributed by atoms with Crippen LogP contribution in [0, 0.1) is 0 Å². The molecule has 1 N–H and O–H groups in total. The molecule has 4 heterocycles. The van der Waals surface area contributed by atoms with Gasteiger partial charge in [-0.2, -0.15) is 0 Å². The van der Waals surface area contributed by atoms with Crippen molar-refractivity contribution in [2.75, 3.05) is 19.6 Å². The Morgan fingerprint density at radius 2 is 1.91 bits per heavy atom. The first-order valence-electron chi connectivity index (χ1n) is 11.7. The Kier molecular flexibility index (Phi) is 5.96. The van der Waals surface area contributed by atoms with Gasteiger partial charge in [-0.25, -0.2) is 4.98 Å². The predicted molar refractivity (Wildman–Crippen MR) is 130 cm³/mol. The van der Waals surface area contributed by atoms with Gasteiger partial charge in [-0.3, -0.25) is 19.1 Å². The van der Waals surface area contributed by atoms with Gasteiger partial charge in [-0.05, 0) is 68.3 Å². The summed E-state index contributed by atoms with van der Waals surface area (Å²) in [6.07, 6.45) is 7.36. The van der Waals surface area contributed by atoms with Crippen LogP contribution in [0.25, 0.3) is 16.7 Å². The Morgan fingerprint density at radius 1 is 1.09 bits per heavy atom. The third kappa shape index (κ3) is 4.28. The van der Waals surface area contributed by atoms with E-state index in [4.69, 9.17) is 0 Å². The van der Waals surface area contributed by atoms with Crippen molar-refractivity contribution in [2.24, 2.45) is 0 Å². The summed E-state index contributed by atoms with van der Waals surface area (Å²) in [6, 6.07) is 15.6. The van der Waals surface area contributed by atoms with E-state index >= 15 is 0 Å². The van der Waals surface area contributed by atoms with Crippen LogP contribution in [-0.4, -0.2) is 50.4 Å². The standard InChI is InChI=1S/C26H29N5O2/c1-19-6-2-3-15-29(19)17-14-28-25(32)21-11-9-20(10-12-21)18-31-24-22(7-4-13-27-24)30-16-5-8-23(30)26(31)33/h4-5,7-13,16,19H,2-3,6,14-15,17-18H2,1H3,(H,28,32)/t19-/m1/s1. The Labute approximate surface area is 192 Å². The number of fused-ring (bicyclic) bond motifs is 3. The smallest absolute Gasteiger partial charge is 0.276 e. The van der Waals surface area contributed by atoms with Crippen LogP contribution in [0.15, 0.2) is 65.7 Å². The number of rotatable bonds is 6. The van der Waals surface area contributed by atoms with Crippen molar-refractivity contribution in [1.82, 2.24) is 24.2 Å². The summed E-state index contributed by atoms with van der Waals surface area (Å²) >= 11 is 0. The molecule has 1 fully saturated rings. The van der Waals surface area contributed by atoms with Gasteiger partial charge in [-0.15, -0.1) is 0 Å². The Balaban J connectivity index is 1.29. The van der Waals surface area contributed by atoms with Crippen LogP contribution < -0.4 is 10.9 Å². The lowest BCUT2D eigenvalue weighted by atomic mass is 10.0. The average Bonchev–Trinajstić information content (AvgIpc) is 3.34. The van der Waals surface area contributed by atoms with Gasteiger partial charge in [-0.1, -0.05) is 18.6 Å². The van der Waals surface area contributed by atoms with E-state index in [1.54, 1.807) is 10.8 Å². The first kappa shape index (κ1) is 21.4. The zero-order valence-electron chi connectivity index (χ0n) is 18.9. The number of pyridine rings is 1. The van der Waals surface area contributed by atoms with Gasteiger partial charge in [0.05, 0.1) is 12.1 Å². The first-order valence-corrected chi connectivity index (χ1v) is 11.7. The van der Waals surface area contributed by atoms with E-state index in [1.165, 1.54) is 19.3 Å². The van der Waals surface area contributed by atoms with Gasteiger partial charge >= 0.3 is 0 Å². The minimum atomic E-state index is -0.0834. The minimum absolute atomic E-state index is 0.0647. The Morgan fingerprint density at radius 3 is 2.73 bits per heavy atom. The molecule has 0 aliphatic carbocycles. The molecule has 1 saturated heterocycles. The number of hydrogen-bond acceptors (Lipinski definition) is 4. The van der Waals surface area contributed by atoms with E-state index in [9.17, 15) is 9.59 Å². The number of likely N-dealkylation sites (tertiary alicyclic amines) is 1. The number of amides is 1. The van der Waals surface area contributed by atoms with Crippen LogP contribution in [0.1, 0.15) is 42.1 Å². The topological polar surface area (TPSA) is 71.6 Å². The molecule has 33 heavy (non-hydrogen) atoms. The van der Waals surface area contributed by atoms with Gasteiger partial charge in [0.2, 0.25) is 0 Å². The molecular weight excluding hydrogens is 414 g/mol. The van der Waals surface area contributed by atoms with E-state index in [2.05, 4.69) is 22.1 Å². The monoisotopic (exact) mass is 443 g/mol. The maximum atomic E-state index is 13.1. The molecule has 0 saturated carbocycles. The number of carbonyl (C=O) groups is 1. The van der Waals surface area contributed by atoms with Crippen molar-refractivity contribution in [1.29, 1.82) is 0 Å². The van der Waals surface area contributed by atoms with Crippen LogP contribution >= 0.6 is 0 Å². The maximum absolute atomic E-state index is 13.1. The van der Waals surface area contributed by atoms with Crippen molar-refractivity contribution in [2.45, 2.75) is 38.8 Å². The second-order valence-corrected chi connectivity index (χ2v) is 8.83.